The molecule has 0 aliphatic rings. The summed E-state index contributed by atoms with van der Waals surface area (Å²) in [6.07, 6.45) is 0. The molecule has 0 aliphatic heterocycles. The number of para-hydroxylation sites is 1. The van der Waals surface area contributed by atoms with E-state index >= 15 is 0 Å². The third-order valence-electron chi connectivity index (χ3n) is 2.55. The van der Waals surface area contributed by atoms with Crippen molar-refractivity contribution in [3.8, 4) is 0 Å². The third kappa shape index (κ3) is 4.88. The lowest BCUT2D eigenvalue weighted by Gasteiger charge is -2.10. The molecular formula is C12H19N3O3S. The van der Waals surface area contributed by atoms with E-state index in [2.05, 4.69) is 15.4 Å². The molecule has 1 amide bonds. The van der Waals surface area contributed by atoms with E-state index in [1.54, 1.807) is 32.2 Å². The van der Waals surface area contributed by atoms with Crippen LogP contribution in [0.1, 0.15) is 17.3 Å². The van der Waals surface area contributed by atoms with Crippen LogP contribution in [-0.4, -0.2) is 40.2 Å². The van der Waals surface area contributed by atoms with Gasteiger partial charge in [-0.1, -0.05) is 12.1 Å². The molecule has 3 N–H and O–H groups in total. The van der Waals surface area contributed by atoms with Crippen LogP contribution in [0.2, 0.25) is 0 Å². The number of carbonyl (C=O) groups excluding carboxylic acids is 1. The first-order chi connectivity index (χ1) is 9.00. The number of rotatable bonds is 7. The van der Waals surface area contributed by atoms with Crippen LogP contribution in [0.5, 0.6) is 0 Å². The average molecular weight is 285 g/mol. The molecule has 0 saturated heterocycles. The van der Waals surface area contributed by atoms with Gasteiger partial charge in [0.2, 0.25) is 10.0 Å². The number of sulfonamides is 1. The van der Waals surface area contributed by atoms with E-state index < -0.39 is 10.0 Å². The molecule has 0 aromatic heterocycles. The number of anilines is 1. The zero-order valence-electron chi connectivity index (χ0n) is 11.1. The van der Waals surface area contributed by atoms with E-state index in [0.717, 1.165) is 5.69 Å². The van der Waals surface area contributed by atoms with Crippen LogP contribution >= 0.6 is 0 Å². The van der Waals surface area contributed by atoms with Crippen LogP contribution in [0.4, 0.5) is 5.69 Å². The quantitative estimate of drug-likeness (QED) is 0.633. The number of amides is 1. The first kappa shape index (κ1) is 15.5. The molecule has 0 fully saturated rings. The maximum absolute atomic E-state index is 11.9. The molecule has 0 saturated carbocycles. The summed E-state index contributed by atoms with van der Waals surface area (Å²) in [4.78, 5) is 11.9. The van der Waals surface area contributed by atoms with Crippen LogP contribution < -0.4 is 15.4 Å². The van der Waals surface area contributed by atoms with Crippen molar-refractivity contribution in [1.82, 2.24) is 10.0 Å². The molecule has 0 heterocycles. The summed E-state index contributed by atoms with van der Waals surface area (Å²) in [5.74, 6) is -0.204. The van der Waals surface area contributed by atoms with Gasteiger partial charge in [0.1, 0.15) is 0 Å². The topological polar surface area (TPSA) is 87.3 Å². The van der Waals surface area contributed by atoms with Crippen molar-refractivity contribution in [2.24, 2.45) is 0 Å². The van der Waals surface area contributed by atoms with Gasteiger partial charge in [0.25, 0.3) is 5.91 Å². The summed E-state index contributed by atoms with van der Waals surface area (Å²) in [6, 6.07) is 7.11. The summed E-state index contributed by atoms with van der Waals surface area (Å²) in [5, 5.41) is 5.59. The summed E-state index contributed by atoms with van der Waals surface area (Å²) in [5.41, 5.74) is 1.26. The molecule has 0 unspecified atom stereocenters. The molecule has 0 spiro atoms. The number of nitrogens with one attached hydrogen (secondary N) is 3. The van der Waals surface area contributed by atoms with Gasteiger partial charge >= 0.3 is 0 Å². The molecular weight excluding hydrogens is 266 g/mol. The van der Waals surface area contributed by atoms with Crippen molar-refractivity contribution >= 4 is 21.6 Å². The van der Waals surface area contributed by atoms with Gasteiger partial charge in [0.05, 0.1) is 11.3 Å². The van der Waals surface area contributed by atoms with Crippen molar-refractivity contribution in [1.29, 1.82) is 0 Å². The highest BCUT2D eigenvalue weighted by molar-refractivity contribution is 7.89. The Hall–Kier alpha value is -1.60. The minimum absolute atomic E-state index is 0.0313. The van der Waals surface area contributed by atoms with Crippen LogP contribution in [-0.2, 0) is 10.0 Å². The van der Waals surface area contributed by atoms with Gasteiger partial charge in [0.15, 0.2) is 0 Å². The second-order valence-electron chi connectivity index (χ2n) is 3.85. The predicted octanol–water partition coefficient (Wildman–Crippen LogP) is 0.397. The first-order valence-electron chi connectivity index (χ1n) is 6.02. The van der Waals surface area contributed by atoms with E-state index in [4.69, 9.17) is 0 Å². The predicted molar refractivity (Wildman–Crippen MR) is 75.8 cm³/mol. The van der Waals surface area contributed by atoms with Crippen molar-refractivity contribution in [3.05, 3.63) is 29.8 Å². The Bertz CT molecular complexity index is 529. The van der Waals surface area contributed by atoms with Gasteiger partial charge in [-0.3, -0.25) is 4.79 Å². The zero-order chi connectivity index (χ0) is 14.3. The highest BCUT2D eigenvalue weighted by Gasteiger charge is 2.10. The highest BCUT2D eigenvalue weighted by Crippen LogP contribution is 2.13. The average Bonchev–Trinajstić information content (AvgIpc) is 2.43. The van der Waals surface area contributed by atoms with Crippen LogP contribution in [0.15, 0.2) is 24.3 Å². The lowest BCUT2D eigenvalue weighted by atomic mass is 10.1. The zero-order valence-corrected chi connectivity index (χ0v) is 11.9. The number of hydrogen-bond acceptors (Lipinski definition) is 4. The smallest absolute Gasteiger partial charge is 0.253 e. The summed E-state index contributed by atoms with van der Waals surface area (Å²) in [7, 11) is -1.47. The van der Waals surface area contributed by atoms with Gasteiger partial charge in [-0.2, -0.15) is 0 Å². The van der Waals surface area contributed by atoms with Gasteiger partial charge < -0.3 is 10.6 Å². The highest BCUT2D eigenvalue weighted by atomic mass is 32.2. The van der Waals surface area contributed by atoms with E-state index in [1.165, 1.54) is 0 Å². The molecule has 0 atom stereocenters. The fourth-order valence-electron chi connectivity index (χ4n) is 1.48. The van der Waals surface area contributed by atoms with E-state index in [9.17, 15) is 13.2 Å². The van der Waals surface area contributed by atoms with Crippen molar-refractivity contribution in [2.45, 2.75) is 6.92 Å². The van der Waals surface area contributed by atoms with Crippen LogP contribution in [0, 0.1) is 0 Å². The standard InChI is InChI=1S/C12H19N3O3S/c1-3-19(17,18)15-9-8-14-12(16)10-6-4-5-7-11(10)13-2/h4-7,13,15H,3,8-9H2,1-2H3,(H,14,16). The molecule has 7 heteroatoms. The third-order valence-corrected chi connectivity index (χ3v) is 3.96. The minimum atomic E-state index is -3.21. The second-order valence-corrected chi connectivity index (χ2v) is 5.94. The maximum atomic E-state index is 11.9. The Morgan fingerprint density at radius 1 is 1.21 bits per heavy atom. The lowest BCUT2D eigenvalue weighted by molar-refractivity contribution is 0.0955. The molecule has 106 valence electrons. The van der Waals surface area contributed by atoms with E-state index in [1.807, 2.05) is 6.07 Å². The number of benzene rings is 1. The van der Waals surface area contributed by atoms with Crippen LogP contribution in [0.3, 0.4) is 0 Å². The SMILES string of the molecule is CCS(=O)(=O)NCCNC(=O)c1ccccc1NC. The molecule has 0 bridgehead atoms. The normalized spacial score (nSPS) is 11.1. The number of hydrogen-bond donors (Lipinski definition) is 3. The monoisotopic (exact) mass is 285 g/mol. The largest absolute Gasteiger partial charge is 0.387 e. The Balaban J connectivity index is 2.48. The van der Waals surface area contributed by atoms with Gasteiger partial charge in [0, 0.05) is 25.8 Å². The Kier molecular flexibility index (Phi) is 5.78. The molecule has 1 rings (SSSR count). The van der Waals surface area contributed by atoms with Gasteiger partial charge in [-0.05, 0) is 19.1 Å². The molecule has 0 radical (unpaired) electrons. The van der Waals surface area contributed by atoms with Crippen molar-refractivity contribution in [3.63, 3.8) is 0 Å². The van der Waals surface area contributed by atoms with E-state index in [-0.39, 0.29) is 24.7 Å². The fourth-order valence-corrected chi connectivity index (χ4v) is 2.10. The Labute approximate surface area is 113 Å². The van der Waals surface area contributed by atoms with Crippen LogP contribution in [0.25, 0.3) is 0 Å². The fraction of sp³-hybridized carbons (Fsp3) is 0.417. The molecule has 6 nitrogen and oxygen atoms in total. The number of carbonyl (C=O) groups is 1. The summed E-state index contributed by atoms with van der Waals surface area (Å²) in [6.45, 7) is 1.99. The lowest BCUT2D eigenvalue weighted by Crippen LogP contribution is -2.35. The van der Waals surface area contributed by atoms with Gasteiger partial charge in [-0.25, -0.2) is 13.1 Å². The molecule has 0 aliphatic carbocycles. The summed E-state index contributed by atoms with van der Waals surface area (Å²) >= 11 is 0. The first-order valence-corrected chi connectivity index (χ1v) is 7.67. The van der Waals surface area contributed by atoms with Crippen molar-refractivity contribution < 1.29 is 13.2 Å². The summed E-state index contributed by atoms with van der Waals surface area (Å²) < 4.78 is 24.7. The Morgan fingerprint density at radius 2 is 1.89 bits per heavy atom. The van der Waals surface area contributed by atoms with Gasteiger partial charge in [-0.15, -0.1) is 0 Å². The van der Waals surface area contributed by atoms with E-state index in [0.29, 0.717) is 5.56 Å². The molecule has 1 aromatic rings. The maximum Gasteiger partial charge on any atom is 0.253 e. The minimum Gasteiger partial charge on any atom is -0.387 e. The Morgan fingerprint density at radius 3 is 2.53 bits per heavy atom. The second kappa shape index (κ2) is 7.10. The van der Waals surface area contributed by atoms with Crippen molar-refractivity contribution in [2.75, 3.05) is 31.2 Å². The molecule has 1 aromatic carbocycles. The molecule has 19 heavy (non-hydrogen) atoms.